The number of rotatable bonds is 5. The number of nitrogens with zero attached hydrogens (tertiary/aromatic N) is 1. The largest absolute Gasteiger partial charge is 0.467 e. The van der Waals surface area contributed by atoms with Crippen molar-refractivity contribution < 1.29 is 19.2 Å². The van der Waals surface area contributed by atoms with Crippen LogP contribution in [0, 0.1) is 13.8 Å². The fourth-order valence-corrected chi connectivity index (χ4v) is 3.60. The Kier molecular flexibility index (Phi) is 6.59. The van der Waals surface area contributed by atoms with Crippen LogP contribution >= 0.6 is 15.9 Å². The highest BCUT2D eigenvalue weighted by Gasteiger charge is 2.44. The van der Waals surface area contributed by atoms with Gasteiger partial charge < -0.3 is 14.9 Å². The van der Waals surface area contributed by atoms with Gasteiger partial charge in [0.25, 0.3) is 0 Å². The predicted octanol–water partition coefficient (Wildman–Crippen LogP) is 2.29. The van der Waals surface area contributed by atoms with E-state index in [1.165, 1.54) is 7.11 Å². The van der Waals surface area contributed by atoms with Crippen molar-refractivity contribution in [3.63, 3.8) is 0 Å². The Hall–Kier alpha value is -1.44. The Bertz CT molecular complexity index is 655. The van der Waals surface area contributed by atoms with Crippen molar-refractivity contribution in [1.29, 1.82) is 0 Å². The summed E-state index contributed by atoms with van der Waals surface area (Å²) >= 11 is 3.50. The maximum atomic E-state index is 12.7. The average Bonchev–Trinajstić information content (AvgIpc) is 2.61. The zero-order valence-corrected chi connectivity index (χ0v) is 16.7. The molecule has 25 heavy (non-hydrogen) atoms. The molecule has 1 fully saturated rings. The van der Waals surface area contributed by atoms with Crippen molar-refractivity contribution in [3.8, 4) is 0 Å². The molecule has 1 amide bonds. The third kappa shape index (κ3) is 4.40. The lowest BCUT2D eigenvalue weighted by molar-refractivity contribution is -0.171. The first-order chi connectivity index (χ1) is 11.8. The molecule has 1 aromatic carbocycles. The van der Waals surface area contributed by atoms with Crippen LogP contribution in [0.1, 0.15) is 29.5 Å². The molecule has 0 bridgehead atoms. The van der Waals surface area contributed by atoms with Gasteiger partial charge in [0.1, 0.15) is 5.54 Å². The number of piperidine rings is 1. The third-order valence-electron chi connectivity index (χ3n) is 4.89. The molecular formula is C18H25BrN2O4. The Morgan fingerprint density at radius 1 is 1.24 bits per heavy atom. The monoisotopic (exact) mass is 412 g/mol. The first-order valence-corrected chi connectivity index (χ1v) is 9.05. The number of aryl methyl sites for hydroxylation is 1. The van der Waals surface area contributed by atoms with E-state index in [1.807, 2.05) is 26.0 Å². The minimum atomic E-state index is -0.991. The molecule has 0 spiro atoms. The number of carbonyl (C=O) groups excluding carboxylic acids is 2. The van der Waals surface area contributed by atoms with Crippen molar-refractivity contribution >= 4 is 27.8 Å². The molecule has 6 nitrogen and oxygen atoms in total. The van der Waals surface area contributed by atoms with Gasteiger partial charge in [0, 0.05) is 17.6 Å². The van der Waals surface area contributed by atoms with Crippen LogP contribution < -0.4 is 5.32 Å². The molecule has 0 aliphatic carbocycles. The standard InChI is InChI=1S/C18H25BrN2O4/c1-12-5-6-15(19)13(2)14(12)11-16(22)20-18(17(23)24-3)7-9-21(25-4)10-8-18/h5-6H,7-11H2,1-4H3,(H,20,22). The molecule has 1 N–H and O–H groups in total. The second-order valence-corrected chi connectivity index (χ2v) is 7.23. The fraction of sp³-hybridized carbons (Fsp3) is 0.556. The Morgan fingerprint density at radius 3 is 2.44 bits per heavy atom. The van der Waals surface area contributed by atoms with E-state index in [9.17, 15) is 9.59 Å². The minimum absolute atomic E-state index is 0.180. The zero-order chi connectivity index (χ0) is 18.6. The second-order valence-electron chi connectivity index (χ2n) is 6.38. The van der Waals surface area contributed by atoms with Gasteiger partial charge >= 0.3 is 5.97 Å². The van der Waals surface area contributed by atoms with E-state index in [-0.39, 0.29) is 12.3 Å². The summed E-state index contributed by atoms with van der Waals surface area (Å²) < 4.78 is 5.93. The number of hydrogen-bond donors (Lipinski definition) is 1. The molecule has 0 unspecified atom stereocenters. The van der Waals surface area contributed by atoms with Gasteiger partial charge in [-0.1, -0.05) is 22.0 Å². The van der Waals surface area contributed by atoms with E-state index >= 15 is 0 Å². The normalized spacial score (nSPS) is 17.2. The molecule has 1 aliphatic heterocycles. The number of hydroxylamine groups is 2. The van der Waals surface area contributed by atoms with E-state index in [2.05, 4.69) is 21.2 Å². The highest BCUT2D eigenvalue weighted by Crippen LogP contribution is 2.26. The number of benzene rings is 1. The van der Waals surface area contributed by atoms with Gasteiger partial charge in [-0.25, -0.2) is 4.79 Å². The molecule has 7 heteroatoms. The fourth-order valence-electron chi connectivity index (χ4n) is 3.23. The third-order valence-corrected chi connectivity index (χ3v) is 5.75. The molecular weight excluding hydrogens is 388 g/mol. The van der Waals surface area contributed by atoms with Crippen molar-refractivity contribution in [3.05, 3.63) is 33.3 Å². The van der Waals surface area contributed by atoms with Crippen LogP contribution in [0.3, 0.4) is 0 Å². The van der Waals surface area contributed by atoms with Crippen LogP contribution in [-0.4, -0.2) is 49.8 Å². The van der Waals surface area contributed by atoms with Crippen molar-refractivity contribution in [2.45, 2.75) is 38.6 Å². The van der Waals surface area contributed by atoms with Crippen LogP contribution in [0.2, 0.25) is 0 Å². The van der Waals surface area contributed by atoms with Gasteiger partial charge in [-0.15, -0.1) is 0 Å². The minimum Gasteiger partial charge on any atom is -0.467 e. The molecule has 0 saturated carbocycles. The summed E-state index contributed by atoms with van der Waals surface area (Å²) in [6.45, 7) is 5.07. The maximum absolute atomic E-state index is 12.7. The lowest BCUT2D eigenvalue weighted by Gasteiger charge is -2.39. The van der Waals surface area contributed by atoms with Gasteiger partial charge in [0.05, 0.1) is 20.6 Å². The quantitative estimate of drug-likeness (QED) is 0.751. The lowest BCUT2D eigenvalue weighted by atomic mass is 9.87. The van der Waals surface area contributed by atoms with E-state index in [0.717, 1.165) is 21.2 Å². The van der Waals surface area contributed by atoms with E-state index in [0.29, 0.717) is 25.9 Å². The van der Waals surface area contributed by atoms with E-state index in [4.69, 9.17) is 9.57 Å². The predicted molar refractivity (Wildman–Crippen MR) is 98.0 cm³/mol. The molecule has 1 saturated heterocycles. The summed E-state index contributed by atoms with van der Waals surface area (Å²) in [6.07, 6.45) is 1.13. The number of halogens is 1. The molecule has 1 aliphatic rings. The number of nitrogens with one attached hydrogen (secondary N) is 1. The smallest absolute Gasteiger partial charge is 0.331 e. The lowest BCUT2D eigenvalue weighted by Crippen LogP contribution is -2.60. The number of amides is 1. The van der Waals surface area contributed by atoms with Crippen molar-refractivity contribution in [2.75, 3.05) is 27.3 Å². The van der Waals surface area contributed by atoms with Gasteiger partial charge in [-0.05, 0) is 49.4 Å². The molecule has 1 aromatic rings. The molecule has 138 valence electrons. The second kappa shape index (κ2) is 8.29. The highest BCUT2D eigenvalue weighted by molar-refractivity contribution is 9.10. The van der Waals surface area contributed by atoms with E-state index < -0.39 is 11.5 Å². The maximum Gasteiger partial charge on any atom is 0.331 e. The van der Waals surface area contributed by atoms with E-state index in [1.54, 1.807) is 12.2 Å². The summed E-state index contributed by atoms with van der Waals surface area (Å²) in [4.78, 5) is 30.3. The summed E-state index contributed by atoms with van der Waals surface area (Å²) in [5.74, 6) is -0.583. The average molecular weight is 413 g/mol. The SMILES string of the molecule is COC(=O)C1(NC(=O)Cc2c(C)ccc(Br)c2C)CCN(OC)CC1. The topological polar surface area (TPSA) is 67.9 Å². The van der Waals surface area contributed by atoms with Crippen LogP contribution in [-0.2, 0) is 25.6 Å². The number of methoxy groups -OCH3 is 1. The van der Waals surface area contributed by atoms with Gasteiger partial charge in [-0.3, -0.25) is 4.79 Å². The molecule has 0 radical (unpaired) electrons. The molecule has 2 rings (SSSR count). The van der Waals surface area contributed by atoms with Gasteiger partial charge in [0.2, 0.25) is 5.91 Å². The summed E-state index contributed by atoms with van der Waals surface area (Å²) in [6, 6.07) is 3.95. The molecule has 0 aromatic heterocycles. The van der Waals surface area contributed by atoms with Crippen LogP contribution in [0.4, 0.5) is 0 Å². The van der Waals surface area contributed by atoms with Crippen molar-refractivity contribution in [2.24, 2.45) is 0 Å². The molecule has 1 heterocycles. The van der Waals surface area contributed by atoms with Crippen molar-refractivity contribution in [1.82, 2.24) is 10.4 Å². The first kappa shape index (κ1) is 19.9. The number of esters is 1. The van der Waals surface area contributed by atoms with Gasteiger partial charge in [0.15, 0.2) is 0 Å². The Balaban J connectivity index is 2.16. The molecule has 0 atom stereocenters. The highest BCUT2D eigenvalue weighted by atomic mass is 79.9. The number of hydrogen-bond acceptors (Lipinski definition) is 5. The van der Waals surface area contributed by atoms with Crippen LogP contribution in [0.15, 0.2) is 16.6 Å². The first-order valence-electron chi connectivity index (χ1n) is 8.26. The van der Waals surface area contributed by atoms with Gasteiger partial charge in [-0.2, -0.15) is 5.06 Å². The summed E-state index contributed by atoms with van der Waals surface area (Å²) in [5, 5.41) is 4.71. The Morgan fingerprint density at radius 2 is 1.88 bits per heavy atom. The zero-order valence-electron chi connectivity index (χ0n) is 15.1. The number of carbonyl (C=O) groups is 2. The number of ether oxygens (including phenoxy) is 1. The summed E-state index contributed by atoms with van der Waals surface area (Å²) in [7, 11) is 2.95. The Labute approximate surface area is 156 Å². The van der Waals surface area contributed by atoms with Crippen LogP contribution in [0.25, 0.3) is 0 Å². The summed E-state index contributed by atoms with van der Waals surface area (Å²) in [5.41, 5.74) is 2.07. The van der Waals surface area contributed by atoms with Crippen LogP contribution in [0.5, 0.6) is 0 Å².